The highest BCUT2D eigenvalue weighted by Crippen LogP contribution is 2.34. The van der Waals surface area contributed by atoms with E-state index < -0.39 is 0 Å². The van der Waals surface area contributed by atoms with Crippen LogP contribution in [0.5, 0.6) is 0 Å². The lowest BCUT2D eigenvalue weighted by Crippen LogP contribution is -2.38. The van der Waals surface area contributed by atoms with Crippen LogP contribution in [0.3, 0.4) is 0 Å². The molecule has 1 aliphatic rings. The fourth-order valence-corrected chi connectivity index (χ4v) is 2.42. The Kier molecular flexibility index (Phi) is 4.14. The zero-order valence-corrected chi connectivity index (χ0v) is 10.5. The van der Waals surface area contributed by atoms with Crippen LogP contribution in [0.15, 0.2) is 0 Å². The number of rotatable bonds is 4. The second-order valence-corrected chi connectivity index (χ2v) is 4.87. The number of amides is 1. The van der Waals surface area contributed by atoms with Crippen molar-refractivity contribution in [2.75, 3.05) is 33.2 Å². The van der Waals surface area contributed by atoms with Gasteiger partial charge in [0.1, 0.15) is 0 Å². The molecule has 0 bridgehead atoms. The van der Waals surface area contributed by atoms with Crippen molar-refractivity contribution in [3.05, 3.63) is 0 Å². The van der Waals surface area contributed by atoms with Crippen LogP contribution in [0.4, 0.5) is 0 Å². The number of hydrogen-bond acceptors (Lipinski definition) is 2. The monoisotopic (exact) mass is 212 g/mol. The van der Waals surface area contributed by atoms with E-state index in [-0.39, 0.29) is 5.91 Å². The molecule has 1 rings (SSSR count). The lowest BCUT2D eigenvalue weighted by atomic mass is 9.84. The third-order valence-corrected chi connectivity index (χ3v) is 3.78. The van der Waals surface area contributed by atoms with Crippen LogP contribution in [-0.2, 0) is 4.79 Å². The second kappa shape index (κ2) is 4.97. The highest BCUT2D eigenvalue weighted by atomic mass is 16.2. The second-order valence-electron chi connectivity index (χ2n) is 4.87. The molecule has 0 aliphatic carbocycles. The summed E-state index contributed by atoms with van der Waals surface area (Å²) < 4.78 is 0. The van der Waals surface area contributed by atoms with E-state index in [0.717, 1.165) is 32.6 Å². The van der Waals surface area contributed by atoms with Crippen LogP contribution in [0.25, 0.3) is 0 Å². The van der Waals surface area contributed by atoms with E-state index in [1.54, 1.807) is 6.92 Å². The zero-order chi connectivity index (χ0) is 11.5. The molecule has 15 heavy (non-hydrogen) atoms. The molecule has 1 heterocycles. The number of hydrogen-bond donors (Lipinski definition) is 0. The smallest absolute Gasteiger partial charge is 0.219 e. The van der Waals surface area contributed by atoms with Gasteiger partial charge in [-0.05, 0) is 26.4 Å². The van der Waals surface area contributed by atoms with Crippen LogP contribution in [0.2, 0.25) is 0 Å². The minimum Gasteiger partial charge on any atom is -0.342 e. The Morgan fingerprint density at radius 2 is 2.13 bits per heavy atom. The van der Waals surface area contributed by atoms with Crippen molar-refractivity contribution in [3.63, 3.8) is 0 Å². The van der Waals surface area contributed by atoms with Gasteiger partial charge in [0.05, 0.1) is 0 Å². The first-order valence-corrected chi connectivity index (χ1v) is 5.97. The van der Waals surface area contributed by atoms with E-state index in [1.807, 2.05) is 4.90 Å². The van der Waals surface area contributed by atoms with Gasteiger partial charge in [0.15, 0.2) is 0 Å². The topological polar surface area (TPSA) is 23.6 Å². The van der Waals surface area contributed by atoms with Crippen molar-refractivity contribution >= 4 is 5.91 Å². The Morgan fingerprint density at radius 1 is 1.47 bits per heavy atom. The van der Waals surface area contributed by atoms with Gasteiger partial charge in [0.25, 0.3) is 0 Å². The maximum atomic E-state index is 11.3. The summed E-state index contributed by atoms with van der Waals surface area (Å²) in [6, 6.07) is 0. The Hall–Kier alpha value is -0.570. The van der Waals surface area contributed by atoms with E-state index in [2.05, 4.69) is 25.8 Å². The molecule has 1 atom stereocenters. The molecule has 0 aromatic carbocycles. The Morgan fingerprint density at radius 3 is 2.53 bits per heavy atom. The molecule has 1 amide bonds. The molecule has 1 aliphatic heterocycles. The molecular weight excluding hydrogens is 188 g/mol. The molecule has 0 N–H and O–H groups in total. The Labute approximate surface area is 93.4 Å². The lowest BCUT2D eigenvalue weighted by Gasteiger charge is -2.32. The predicted octanol–water partition coefficient (Wildman–Crippen LogP) is 1.59. The number of nitrogens with zero attached hydrogens (tertiary/aromatic N) is 2. The first-order valence-electron chi connectivity index (χ1n) is 5.97. The van der Waals surface area contributed by atoms with Gasteiger partial charge in [0.2, 0.25) is 5.91 Å². The van der Waals surface area contributed by atoms with Crippen molar-refractivity contribution in [1.82, 2.24) is 9.80 Å². The van der Waals surface area contributed by atoms with E-state index >= 15 is 0 Å². The minimum absolute atomic E-state index is 0.226. The standard InChI is InChI=1S/C12H24N2O/c1-5-12(9-13(4)6-2)7-8-14(10-12)11(3)15/h5-10H2,1-4H3. The Balaban J connectivity index is 2.60. The molecule has 1 saturated heterocycles. The van der Waals surface area contributed by atoms with Gasteiger partial charge in [-0.3, -0.25) is 4.79 Å². The van der Waals surface area contributed by atoms with Gasteiger partial charge in [0, 0.05) is 32.0 Å². The Bertz CT molecular complexity index is 230. The first-order chi connectivity index (χ1) is 7.03. The van der Waals surface area contributed by atoms with Gasteiger partial charge >= 0.3 is 0 Å². The largest absolute Gasteiger partial charge is 0.342 e. The summed E-state index contributed by atoms with van der Waals surface area (Å²) in [6.07, 6.45) is 2.33. The summed E-state index contributed by atoms with van der Waals surface area (Å²) in [6.45, 7) is 10.2. The summed E-state index contributed by atoms with van der Waals surface area (Å²) >= 11 is 0. The van der Waals surface area contributed by atoms with Gasteiger partial charge in [-0.1, -0.05) is 13.8 Å². The minimum atomic E-state index is 0.226. The fourth-order valence-electron chi connectivity index (χ4n) is 2.42. The first kappa shape index (κ1) is 12.5. The molecule has 0 saturated carbocycles. The zero-order valence-electron chi connectivity index (χ0n) is 10.5. The van der Waals surface area contributed by atoms with E-state index in [9.17, 15) is 4.79 Å². The van der Waals surface area contributed by atoms with Gasteiger partial charge in [-0.25, -0.2) is 0 Å². The maximum absolute atomic E-state index is 11.3. The van der Waals surface area contributed by atoms with Gasteiger partial charge < -0.3 is 9.80 Å². The van der Waals surface area contributed by atoms with E-state index in [1.165, 1.54) is 6.42 Å². The summed E-state index contributed by atoms with van der Waals surface area (Å²) in [4.78, 5) is 15.7. The van der Waals surface area contributed by atoms with Crippen LogP contribution in [0, 0.1) is 5.41 Å². The van der Waals surface area contributed by atoms with Crippen molar-refractivity contribution in [3.8, 4) is 0 Å². The average Bonchev–Trinajstić information content (AvgIpc) is 2.63. The van der Waals surface area contributed by atoms with Gasteiger partial charge in [-0.2, -0.15) is 0 Å². The molecule has 0 spiro atoms. The molecule has 3 nitrogen and oxygen atoms in total. The summed E-state index contributed by atoms with van der Waals surface area (Å²) in [5.74, 6) is 0.226. The third kappa shape index (κ3) is 2.94. The molecule has 0 aromatic rings. The van der Waals surface area contributed by atoms with Crippen molar-refractivity contribution in [1.29, 1.82) is 0 Å². The number of carbonyl (C=O) groups is 1. The third-order valence-electron chi connectivity index (χ3n) is 3.78. The van der Waals surface area contributed by atoms with E-state index in [0.29, 0.717) is 5.41 Å². The molecule has 1 unspecified atom stereocenters. The number of carbonyl (C=O) groups excluding carboxylic acids is 1. The quantitative estimate of drug-likeness (QED) is 0.706. The van der Waals surface area contributed by atoms with Crippen LogP contribution >= 0.6 is 0 Å². The molecule has 0 radical (unpaired) electrons. The van der Waals surface area contributed by atoms with Crippen molar-refractivity contribution < 1.29 is 4.79 Å². The maximum Gasteiger partial charge on any atom is 0.219 e. The lowest BCUT2D eigenvalue weighted by molar-refractivity contribution is -0.128. The van der Waals surface area contributed by atoms with Gasteiger partial charge in [-0.15, -0.1) is 0 Å². The van der Waals surface area contributed by atoms with Crippen LogP contribution < -0.4 is 0 Å². The molecule has 1 fully saturated rings. The predicted molar refractivity (Wildman–Crippen MR) is 62.8 cm³/mol. The molecular formula is C12H24N2O. The van der Waals surface area contributed by atoms with Crippen LogP contribution in [-0.4, -0.2) is 48.9 Å². The molecule has 88 valence electrons. The van der Waals surface area contributed by atoms with Crippen molar-refractivity contribution in [2.45, 2.75) is 33.6 Å². The average molecular weight is 212 g/mol. The fraction of sp³-hybridized carbons (Fsp3) is 0.917. The highest BCUT2D eigenvalue weighted by Gasteiger charge is 2.37. The summed E-state index contributed by atoms with van der Waals surface area (Å²) in [7, 11) is 2.16. The summed E-state index contributed by atoms with van der Waals surface area (Å²) in [5, 5.41) is 0. The highest BCUT2D eigenvalue weighted by molar-refractivity contribution is 5.73. The number of likely N-dealkylation sites (tertiary alicyclic amines) is 1. The van der Waals surface area contributed by atoms with Crippen molar-refractivity contribution in [2.24, 2.45) is 5.41 Å². The normalized spacial score (nSPS) is 26.3. The van der Waals surface area contributed by atoms with E-state index in [4.69, 9.17) is 0 Å². The SMILES string of the molecule is CCN(C)CC1(CC)CCN(C(C)=O)C1. The molecule has 3 heteroatoms. The molecule has 0 aromatic heterocycles. The van der Waals surface area contributed by atoms with Crippen LogP contribution in [0.1, 0.15) is 33.6 Å². The summed E-state index contributed by atoms with van der Waals surface area (Å²) in [5.41, 5.74) is 0.344.